The largest absolute Gasteiger partial charge is 0.493 e. The first-order valence-electron chi connectivity index (χ1n) is 11.6. The lowest BCUT2D eigenvalue weighted by molar-refractivity contribution is -0.166. The molecule has 1 fully saturated rings. The number of halogens is 2. The summed E-state index contributed by atoms with van der Waals surface area (Å²) >= 11 is 5.93. The number of cyclic esters (lactones) is 1. The van der Waals surface area contributed by atoms with Crippen molar-refractivity contribution in [3.63, 3.8) is 0 Å². The average Bonchev–Trinajstić information content (AvgIpc) is 2.87. The van der Waals surface area contributed by atoms with Gasteiger partial charge in [-0.2, -0.15) is 0 Å². The first kappa shape index (κ1) is 25.9. The molecule has 2 unspecified atom stereocenters. The number of methoxy groups -OCH3 is 2. The highest BCUT2D eigenvalue weighted by atomic mass is 35.5. The third-order valence-corrected chi connectivity index (χ3v) is 6.12. The number of nitrogens with one attached hydrogen (secondary N) is 1. The number of hydrogen-bond donors (Lipinski definition) is 1. The Morgan fingerprint density at radius 3 is 2.81 bits per heavy atom. The standard InChI is InChI=1S/C25H28ClFN4O5/c1-4-23(31-12-16(7-8-33-2)35-24(32)13-31)36-22-10-17-20(11-21(22)34-3)28-14-29-25(17)30-15-5-6-19(27)18(26)9-15/h5-6,9-11,14,16,23H,4,7-8,12-13H2,1-3H3,(H,28,29,30). The molecule has 0 bridgehead atoms. The first-order chi connectivity index (χ1) is 17.4. The van der Waals surface area contributed by atoms with E-state index in [-0.39, 0.29) is 23.6 Å². The Morgan fingerprint density at radius 2 is 2.08 bits per heavy atom. The lowest BCUT2D eigenvalue weighted by Crippen LogP contribution is -2.51. The van der Waals surface area contributed by atoms with Crippen LogP contribution >= 0.6 is 11.6 Å². The minimum atomic E-state index is -0.508. The Labute approximate surface area is 213 Å². The molecule has 1 saturated heterocycles. The van der Waals surface area contributed by atoms with Gasteiger partial charge >= 0.3 is 5.97 Å². The third-order valence-electron chi connectivity index (χ3n) is 5.83. The maximum Gasteiger partial charge on any atom is 0.320 e. The number of anilines is 2. The van der Waals surface area contributed by atoms with E-state index in [0.717, 1.165) is 0 Å². The van der Waals surface area contributed by atoms with Crippen molar-refractivity contribution < 1.29 is 28.1 Å². The smallest absolute Gasteiger partial charge is 0.320 e. The molecule has 1 aliphatic heterocycles. The van der Waals surface area contributed by atoms with Gasteiger partial charge in [0.05, 0.1) is 24.2 Å². The van der Waals surface area contributed by atoms with Gasteiger partial charge in [0.25, 0.3) is 0 Å². The number of hydrogen-bond acceptors (Lipinski definition) is 9. The molecule has 0 radical (unpaired) electrons. The van der Waals surface area contributed by atoms with Gasteiger partial charge in [-0.3, -0.25) is 9.69 Å². The minimum Gasteiger partial charge on any atom is -0.493 e. The van der Waals surface area contributed by atoms with Crippen molar-refractivity contribution in [2.75, 3.05) is 39.2 Å². The van der Waals surface area contributed by atoms with E-state index in [1.54, 1.807) is 32.4 Å². The molecule has 11 heteroatoms. The van der Waals surface area contributed by atoms with E-state index in [1.807, 2.05) is 11.8 Å². The van der Waals surface area contributed by atoms with Crippen LogP contribution in [0.1, 0.15) is 19.8 Å². The van der Waals surface area contributed by atoms with Crippen LogP contribution in [0.3, 0.4) is 0 Å². The molecule has 1 aliphatic rings. The van der Waals surface area contributed by atoms with Crippen LogP contribution in [-0.4, -0.2) is 67.1 Å². The molecule has 3 aromatic rings. The van der Waals surface area contributed by atoms with Crippen LogP contribution in [0.15, 0.2) is 36.7 Å². The van der Waals surface area contributed by atoms with Gasteiger partial charge in [0.2, 0.25) is 0 Å². The Hall–Kier alpha value is -3.21. The van der Waals surface area contributed by atoms with Crippen molar-refractivity contribution in [2.24, 2.45) is 0 Å². The van der Waals surface area contributed by atoms with Gasteiger partial charge < -0.3 is 24.3 Å². The number of ether oxygens (including phenoxy) is 4. The van der Waals surface area contributed by atoms with Gasteiger partial charge in [-0.1, -0.05) is 18.5 Å². The van der Waals surface area contributed by atoms with Crippen LogP contribution in [0.2, 0.25) is 5.02 Å². The van der Waals surface area contributed by atoms with E-state index >= 15 is 0 Å². The topological polar surface area (TPSA) is 95.0 Å². The number of aromatic nitrogens is 2. The molecule has 1 N–H and O–H groups in total. The van der Waals surface area contributed by atoms with Gasteiger partial charge in [-0.25, -0.2) is 14.4 Å². The van der Waals surface area contributed by atoms with Crippen LogP contribution in [-0.2, 0) is 14.3 Å². The molecule has 0 amide bonds. The zero-order chi connectivity index (χ0) is 25.7. The summed E-state index contributed by atoms with van der Waals surface area (Å²) in [5.41, 5.74) is 1.19. The van der Waals surface area contributed by atoms with E-state index in [2.05, 4.69) is 15.3 Å². The fraction of sp³-hybridized carbons (Fsp3) is 0.400. The van der Waals surface area contributed by atoms with Gasteiger partial charge in [0.1, 0.15) is 24.1 Å². The fourth-order valence-electron chi connectivity index (χ4n) is 4.06. The summed E-state index contributed by atoms with van der Waals surface area (Å²) in [5.74, 6) is 0.647. The van der Waals surface area contributed by atoms with Gasteiger partial charge in [-0.15, -0.1) is 0 Å². The third kappa shape index (κ3) is 5.95. The van der Waals surface area contributed by atoms with Gasteiger partial charge in [0, 0.05) is 43.8 Å². The normalized spacial score (nSPS) is 17.0. The zero-order valence-electron chi connectivity index (χ0n) is 20.3. The van der Waals surface area contributed by atoms with Gasteiger partial charge in [0.15, 0.2) is 17.7 Å². The number of fused-ring (bicyclic) bond motifs is 1. The fourth-order valence-corrected chi connectivity index (χ4v) is 4.24. The molecule has 0 aliphatic carbocycles. The zero-order valence-corrected chi connectivity index (χ0v) is 21.0. The SMILES string of the molecule is CCC(Oc1cc2c(Nc3ccc(F)c(Cl)c3)ncnc2cc1OC)N1CC(=O)OC(CCOC)C1. The monoisotopic (exact) mass is 518 g/mol. The molecule has 0 spiro atoms. The molecule has 0 saturated carbocycles. The Kier molecular flexibility index (Phi) is 8.40. The highest BCUT2D eigenvalue weighted by Crippen LogP contribution is 2.36. The predicted octanol–water partition coefficient (Wildman–Crippen LogP) is 4.55. The second-order valence-corrected chi connectivity index (χ2v) is 8.71. The lowest BCUT2D eigenvalue weighted by atomic mass is 10.2. The molecule has 192 valence electrons. The second-order valence-electron chi connectivity index (χ2n) is 8.30. The quantitative estimate of drug-likeness (QED) is 0.388. The van der Waals surface area contributed by atoms with Crippen molar-refractivity contribution in [1.82, 2.24) is 14.9 Å². The Bertz CT molecular complexity index is 1230. The summed E-state index contributed by atoms with van der Waals surface area (Å²) in [5, 5.41) is 3.82. The van der Waals surface area contributed by atoms with Crippen molar-refractivity contribution in [2.45, 2.75) is 32.1 Å². The summed E-state index contributed by atoms with van der Waals surface area (Å²) in [4.78, 5) is 22.9. The Morgan fingerprint density at radius 1 is 1.25 bits per heavy atom. The van der Waals surface area contributed by atoms with E-state index in [1.165, 1.54) is 18.5 Å². The van der Waals surface area contributed by atoms with Crippen molar-refractivity contribution in [3.8, 4) is 11.5 Å². The number of nitrogens with zero attached hydrogens (tertiary/aromatic N) is 3. The van der Waals surface area contributed by atoms with E-state index in [4.69, 9.17) is 30.5 Å². The molecular weight excluding hydrogens is 491 g/mol. The molecule has 2 atom stereocenters. The molecule has 1 aromatic heterocycles. The van der Waals surface area contributed by atoms with Crippen molar-refractivity contribution >= 4 is 40.0 Å². The highest BCUT2D eigenvalue weighted by molar-refractivity contribution is 6.31. The molecule has 36 heavy (non-hydrogen) atoms. The summed E-state index contributed by atoms with van der Waals surface area (Å²) in [6.45, 7) is 3.14. The molecule has 2 heterocycles. The number of carbonyl (C=O) groups excluding carboxylic acids is 1. The number of morpholine rings is 1. The minimum absolute atomic E-state index is 0.00120. The number of carbonyl (C=O) groups is 1. The van der Waals surface area contributed by atoms with Crippen LogP contribution in [0.4, 0.5) is 15.9 Å². The summed E-state index contributed by atoms with van der Waals surface area (Å²) < 4.78 is 36.1. The van der Waals surface area contributed by atoms with Crippen LogP contribution in [0.25, 0.3) is 10.9 Å². The number of rotatable bonds is 10. The van der Waals surface area contributed by atoms with E-state index in [0.29, 0.717) is 59.9 Å². The highest BCUT2D eigenvalue weighted by Gasteiger charge is 2.32. The molecular formula is C25H28ClFN4O5. The number of benzene rings is 2. The predicted molar refractivity (Wildman–Crippen MR) is 133 cm³/mol. The lowest BCUT2D eigenvalue weighted by Gasteiger charge is -2.37. The van der Waals surface area contributed by atoms with Crippen molar-refractivity contribution in [3.05, 3.63) is 47.5 Å². The van der Waals surface area contributed by atoms with Crippen molar-refractivity contribution in [1.29, 1.82) is 0 Å². The van der Waals surface area contributed by atoms with Crippen LogP contribution in [0.5, 0.6) is 11.5 Å². The van der Waals surface area contributed by atoms with Gasteiger partial charge in [-0.05, 0) is 30.7 Å². The van der Waals surface area contributed by atoms with Crippen LogP contribution in [0, 0.1) is 5.82 Å². The maximum absolute atomic E-state index is 13.6. The van der Waals surface area contributed by atoms with E-state index in [9.17, 15) is 9.18 Å². The number of esters is 1. The summed E-state index contributed by atoms with van der Waals surface area (Å²) in [6, 6.07) is 7.87. The molecule has 2 aromatic carbocycles. The molecule has 9 nitrogen and oxygen atoms in total. The average molecular weight is 519 g/mol. The summed E-state index contributed by atoms with van der Waals surface area (Å²) in [6.07, 6.45) is 1.98. The van der Waals surface area contributed by atoms with Crippen LogP contribution < -0.4 is 14.8 Å². The molecule has 4 rings (SSSR count). The first-order valence-corrected chi connectivity index (χ1v) is 11.9. The second kappa shape index (κ2) is 11.7. The Balaban J connectivity index is 1.62. The maximum atomic E-state index is 13.6. The summed E-state index contributed by atoms with van der Waals surface area (Å²) in [7, 11) is 3.17. The van der Waals surface area contributed by atoms with E-state index < -0.39 is 12.0 Å².